The summed E-state index contributed by atoms with van der Waals surface area (Å²) in [6, 6.07) is 0. The molecule has 0 spiro atoms. The summed E-state index contributed by atoms with van der Waals surface area (Å²) in [6.07, 6.45) is 3.48. The van der Waals surface area contributed by atoms with Crippen molar-refractivity contribution >= 4 is 5.91 Å². The summed E-state index contributed by atoms with van der Waals surface area (Å²) in [4.78, 5) is 14.2. The summed E-state index contributed by atoms with van der Waals surface area (Å²) >= 11 is 0. The highest BCUT2D eigenvalue weighted by Crippen LogP contribution is 2.34. The van der Waals surface area contributed by atoms with E-state index >= 15 is 0 Å². The van der Waals surface area contributed by atoms with Crippen molar-refractivity contribution in [1.29, 1.82) is 0 Å². The molecule has 0 aromatic heterocycles. The second-order valence-electron chi connectivity index (χ2n) is 5.83. The summed E-state index contributed by atoms with van der Waals surface area (Å²) in [7, 11) is 1.85. The Morgan fingerprint density at radius 2 is 1.88 bits per heavy atom. The Morgan fingerprint density at radius 1 is 1.38 bits per heavy atom. The monoisotopic (exact) mass is 226 g/mol. The van der Waals surface area contributed by atoms with Crippen LogP contribution < -0.4 is 5.32 Å². The Balaban J connectivity index is 2.58. The largest absolute Gasteiger partial charge is 0.341 e. The number of nitrogens with one attached hydrogen (secondary N) is 1. The molecule has 0 saturated carbocycles. The lowest BCUT2D eigenvalue weighted by Crippen LogP contribution is -2.55. The third kappa shape index (κ3) is 2.76. The van der Waals surface area contributed by atoms with Crippen molar-refractivity contribution in [3.8, 4) is 0 Å². The number of carbonyl (C=O) groups is 1. The average molecular weight is 226 g/mol. The molecule has 0 unspecified atom stereocenters. The normalized spacial score (nSPS) is 20.9. The molecule has 1 N–H and O–H groups in total. The molecular weight excluding hydrogens is 200 g/mol. The van der Waals surface area contributed by atoms with Crippen LogP contribution >= 0.6 is 0 Å². The van der Waals surface area contributed by atoms with Gasteiger partial charge in [0.25, 0.3) is 0 Å². The standard InChI is InChI=1S/C13H26N2O/c1-6-13(4)7-9-15(10-8-13)11(16)12(2,3)14-5/h14H,6-10H2,1-5H3. The van der Waals surface area contributed by atoms with E-state index in [9.17, 15) is 4.79 Å². The van der Waals surface area contributed by atoms with Gasteiger partial charge in [-0.15, -0.1) is 0 Å². The number of nitrogens with zero attached hydrogens (tertiary/aromatic N) is 1. The van der Waals surface area contributed by atoms with Gasteiger partial charge >= 0.3 is 0 Å². The van der Waals surface area contributed by atoms with Gasteiger partial charge in [-0.3, -0.25) is 4.79 Å². The number of rotatable bonds is 3. The first kappa shape index (κ1) is 13.5. The smallest absolute Gasteiger partial charge is 0.242 e. The maximum absolute atomic E-state index is 12.2. The summed E-state index contributed by atoms with van der Waals surface area (Å²) in [6.45, 7) is 10.3. The first-order valence-electron chi connectivity index (χ1n) is 6.33. The number of likely N-dealkylation sites (N-methyl/N-ethyl adjacent to an activating group) is 1. The van der Waals surface area contributed by atoms with E-state index in [-0.39, 0.29) is 5.91 Å². The molecule has 1 fully saturated rings. The molecule has 3 heteroatoms. The fourth-order valence-electron chi connectivity index (χ4n) is 2.11. The quantitative estimate of drug-likeness (QED) is 0.798. The van der Waals surface area contributed by atoms with E-state index in [4.69, 9.17) is 0 Å². The molecular formula is C13H26N2O. The topological polar surface area (TPSA) is 32.3 Å². The molecule has 0 radical (unpaired) electrons. The highest BCUT2D eigenvalue weighted by molar-refractivity contribution is 5.85. The predicted octanol–water partition coefficient (Wildman–Crippen LogP) is 2.02. The van der Waals surface area contributed by atoms with Gasteiger partial charge in [0.1, 0.15) is 0 Å². The SMILES string of the molecule is CCC1(C)CCN(C(=O)C(C)(C)NC)CC1. The number of hydrogen-bond donors (Lipinski definition) is 1. The van der Waals surface area contributed by atoms with E-state index in [2.05, 4.69) is 19.2 Å². The molecule has 1 aliphatic rings. The van der Waals surface area contributed by atoms with E-state index in [1.807, 2.05) is 25.8 Å². The molecule has 1 saturated heterocycles. The lowest BCUT2D eigenvalue weighted by atomic mass is 9.78. The Bertz CT molecular complexity index is 253. The molecule has 1 rings (SSSR count). The van der Waals surface area contributed by atoms with E-state index in [1.54, 1.807) is 0 Å². The molecule has 0 bridgehead atoms. The van der Waals surface area contributed by atoms with Gasteiger partial charge < -0.3 is 10.2 Å². The Labute approximate surface area is 99.6 Å². The molecule has 0 aliphatic carbocycles. The van der Waals surface area contributed by atoms with Crippen LogP contribution in [0.3, 0.4) is 0 Å². The second kappa shape index (κ2) is 4.74. The first-order chi connectivity index (χ1) is 7.34. The molecule has 0 aromatic carbocycles. The number of hydrogen-bond acceptors (Lipinski definition) is 2. The third-order valence-corrected chi connectivity index (χ3v) is 4.27. The minimum Gasteiger partial charge on any atom is -0.341 e. The summed E-state index contributed by atoms with van der Waals surface area (Å²) < 4.78 is 0. The fourth-order valence-corrected chi connectivity index (χ4v) is 2.11. The van der Waals surface area contributed by atoms with E-state index < -0.39 is 5.54 Å². The molecule has 1 aliphatic heterocycles. The van der Waals surface area contributed by atoms with Crippen LogP contribution in [0.1, 0.15) is 47.0 Å². The Morgan fingerprint density at radius 3 is 2.25 bits per heavy atom. The average Bonchev–Trinajstić information content (AvgIpc) is 2.29. The number of amides is 1. The van der Waals surface area contributed by atoms with E-state index in [0.29, 0.717) is 5.41 Å². The first-order valence-corrected chi connectivity index (χ1v) is 6.33. The van der Waals surface area contributed by atoms with E-state index in [1.165, 1.54) is 6.42 Å². The fraction of sp³-hybridized carbons (Fsp3) is 0.923. The summed E-state index contributed by atoms with van der Waals surface area (Å²) in [5.74, 6) is 0.230. The van der Waals surface area contributed by atoms with Crippen LogP contribution in [-0.4, -0.2) is 36.5 Å². The van der Waals surface area contributed by atoms with Crippen LogP contribution in [0.5, 0.6) is 0 Å². The zero-order chi connectivity index (χ0) is 12.4. The lowest BCUT2D eigenvalue weighted by Gasteiger charge is -2.41. The second-order valence-corrected chi connectivity index (χ2v) is 5.83. The minimum absolute atomic E-state index is 0.230. The number of likely N-dealkylation sites (tertiary alicyclic amines) is 1. The van der Waals surface area contributed by atoms with Crippen LogP contribution in [0.4, 0.5) is 0 Å². The summed E-state index contributed by atoms with van der Waals surface area (Å²) in [5.41, 5.74) is 0.0144. The maximum atomic E-state index is 12.2. The zero-order valence-electron chi connectivity index (χ0n) is 11.4. The van der Waals surface area contributed by atoms with Gasteiger partial charge in [0.2, 0.25) is 5.91 Å². The Hall–Kier alpha value is -0.570. The lowest BCUT2D eigenvalue weighted by molar-refractivity contribution is -0.139. The van der Waals surface area contributed by atoms with Gasteiger partial charge in [-0.05, 0) is 39.2 Å². The summed E-state index contributed by atoms with van der Waals surface area (Å²) in [5, 5.41) is 3.08. The van der Waals surface area contributed by atoms with Crippen molar-refractivity contribution in [2.24, 2.45) is 5.41 Å². The third-order valence-electron chi connectivity index (χ3n) is 4.27. The van der Waals surface area contributed by atoms with Crippen molar-refractivity contribution in [1.82, 2.24) is 10.2 Å². The van der Waals surface area contributed by atoms with Crippen LogP contribution in [0.15, 0.2) is 0 Å². The van der Waals surface area contributed by atoms with Crippen LogP contribution in [0.25, 0.3) is 0 Å². The Kier molecular flexibility index (Phi) is 4.00. The van der Waals surface area contributed by atoms with Gasteiger partial charge in [-0.2, -0.15) is 0 Å². The number of piperidine rings is 1. The van der Waals surface area contributed by atoms with Gasteiger partial charge in [0.15, 0.2) is 0 Å². The van der Waals surface area contributed by atoms with E-state index in [0.717, 1.165) is 25.9 Å². The van der Waals surface area contributed by atoms with Gasteiger partial charge in [0, 0.05) is 13.1 Å². The van der Waals surface area contributed by atoms with Crippen molar-refractivity contribution in [3.63, 3.8) is 0 Å². The van der Waals surface area contributed by atoms with Crippen LogP contribution in [0.2, 0.25) is 0 Å². The maximum Gasteiger partial charge on any atom is 0.242 e. The van der Waals surface area contributed by atoms with Gasteiger partial charge in [-0.25, -0.2) is 0 Å². The molecule has 16 heavy (non-hydrogen) atoms. The molecule has 1 amide bonds. The highest BCUT2D eigenvalue weighted by Gasteiger charge is 2.35. The van der Waals surface area contributed by atoms with Crippen molar-refractivity contribution < 1.29 is 4.79 Å². The molecule has 0 aromatic rings. The highest BCUT2D eigenvalue weighted by atomic mass is 16.2. The molecule has 94 valence electrons. The van der Waals surface area contributed by atoms with Gasteiger partial charge in [-0.1, -0.05) is 20.3 Å². The predicted molar refractivity (Wildman–Crippen MR) is 67.4 cm³/mol. The molecule has 1 heterocycles. The van der Waals surface area contributed by atoms with Crippen molar-refractivity contribution in [2.45, 2.75) is 52.5 Å². The van der Waals surface area contributed by atoms with Gasteiger partial charge in [0.05, 0.1) is 5.54 Å². The van der Waals surface area contributed by atoms with Crippen LogP contribution in [-0.2, 0) is 4.79 Å². The van der Waals surface area contributed by atoms with Crippen molar-refractivity contribution in [3.05, 3.63) is 0 Å². The number of carbonyl (C=O) groups excluding carboxylic acids is 1. The molecule has 0 atom stereocenters. The minimum atomic E-state index is -0.431. The zero-order valence-corrected chi connectivity index (χ0v) is 11.4. The van der Waals surface area contributed by atoms with Crippen LogP contribution in [0, 0.1) is 5.41 Å². The molecule has 3 nitrogen and oxygen atoms in total. The van der Waals surface area contributed by atoms with Crippen molar-refractivity contribution in [2.75, 3.05) is 20.1 Å².